The van der Waals surface area contributed by atoms with Crippen LogP contribution in [-0.2, 0) is 4.74 Å². The van der Waals surface area contributed by atoms with Gasteiger partial charge in [0, 0.05) is 19.8 Å². The second kappa shape index (κ2) is 9.47. The van der Waals surface area contributed by atoms with Gasteiger partial charge in [0.15, 0.2) is 11.5 Å². The molecule has 0 aliphatic rings. The Morgan fingerprint density at radius 2 is 1.62 bits per heavy atom. The van der Waals surface area contributed by atoms with Gasteiger partial charge < -0.3 is 24.3 Å². The maximum atomic E-state index is 5.42. The molecule has 1 aromatic carbocycles. The maximum Gasteiger partial charge on any atom is 0.203 e. The second-order valence-electron chi connectivity index (χ2n) is 4.70. The molecule has 0 radical (unpaired) electrons. The van der Waals surface area contributed by atoms with Crippen molar-refractivity contribution in [1.82, 2.24) is 5.32 Å². The zero-order valence-corrected chi connectivity index (χ0v) is 13.7. The Morgan fingerprint density at radius 1 is 1.00 bits per heavy atom. The van der Waals surface area contributed by atoms with Gasteiger partial charge in [-0.05, 0) is 37.1 Å². The molecule has 21 heavy (non-hydrogen) atoms. The molecule has 0 saturated heterocycles. The number of hydrogen-bond donors (Lipinski definition) is 1. The number of ether oxygens (including phenoxy) is 4. The highest BCUT2D eigenvalue weighted by Gasteiger charge is 2.18. The van der Waals surface area contributed by atoms with Crippen molar-refractivity contribution in [3.8, 4) is 17.2 Å². The first kappa shape index (κ1) is 17.6. The molecule has 5 heteroatoms. The van der Waals surface area contributed by atoms with Crippen LogP contribution in [0.3, 0.4) is 0 Å². The third kappa shape index (κ3) is 4.79. The lowest BCUT2D eigenvalue weighted by Crippen LogP contribution is -2.21. The van der Waals surface area contributed by atoms with Crippen molar-refractivity contribution in [1.29, 1.82) is 0 Å². The SMILES string of the molecule is CCNC(CCCOC)c1cc(OC)c(OC)c(OC)c1. The van der Waals surface area contributed by atoms with E-state index in [1.54, 1.807) is 28.4 Å². The third-order valence-corrected chi connectivity index (χ3v) is 3.38. The van der Waals surface area contributed by atoms with E-state index in [9.17, 15) is 0 Å². The summed E-state index contributed by atoms with van der Waals surface area (Å²) in [5.41, 5.74) is 1.13. The van der Waals surface area contributed by atoms with Crippen LogP contribution < -0.4 is 19.5 Å². The molecule has 0 saturated carbocycles. The summed E-state index contributed by atoms with van der Waals surface area (Å²) in [5.74, 6) is 1.99. The Bertz CT molecular complexity index is 398. The summed E-state index contributed by atoms with van der Waals surface area (Å²) < 4.78 is 21.3. The average molecular weight is 297 g/mol. The molecule has 0 fully saturated rings. The van der Waals surface area contributed by atoms with Gasteiger partial charge in [-0.25, -0.2) is 0 Å². The van der Waals surface area contributed by atoms with Crippen LogP contribution in [0.4, 0.5) is 0 Å². The smallest absolute Gasteiger partial charge is 0.203 e. The molecule has 0 spiro atoms. The Kier molecular flexibility index (Phi) is 7.93. The Morgan fingerprint density at radius 3 is 2.05 bits per heavy atom. The van der Waals surface area contributed by atoms with Gasteiger partial charge in [0.2, 0.25) is 5.75 Å². The Hall–Kier alpha value is -1.46. The molecular formula is C16H27NO4. The maximum absolute atomic E-state index is 5.42. The zero-order chi connectivity index (χ0) is 15.7. The van der Waals surface area contributed by atoms with Crippen molar-refractivity contribution in [2.75, 3.05) is 41.6 Å². The summed E-state index contributed by atoms with van der Waals surface area (Å²) >= 11 is 0. The molecule has 0 aliphatic carbocycles. The summed E-state index contributed by atoms with van der Waals surface area (Å²) in [6.45, 7) is 3.75. The van der Waals surface area contributed by atoms with Crippen molar-refractivity contribution in [3.63, 3.8) is 0 Å². The predicted molar refractivity (Wildman–Crippen MR) is 83.6 cm³/mol. The lowest BCUT2D eigenvalue weighted by Gasteiger charge is -2.21. The molecule has 1 N–H and O–H groups in total. The van der Waals surface area contributed by atoms with Crippen LogP contribution in [0.25, 0.3) is 0 Å². The van der Waals surface area contributed by atoms with Crippen molar-refractivity contribution in [2.24, 2.45) is 0 Å². The van der Waals surface area contributed by atoms with Gasteiger partial charge in [-0.3, -0.25) is 0 Å². The summed E-state index contributed by atoms with van der Waals surface area (Å²) in [4.78, 5) is 0. The van der Waals surface area contributed by atoms with E-state index in [2.05, 4.69) is 12.2 Å². The number of rotatable bonds is 10. The minimum Gasteiger partial charge on any atom is -0.493 e. The molecule has 1 aromatic rings. The van der Waals surface area contributed by atoms with E-state index in [1.807, 2.05) is 12.1 Å². The summed E-state index contributed by atoms with van der Waals surface area (Å²) in [7, 11) is 6.60. The van der Waals surface area contributed by atoms with Crippen LogP contribution >= 0.6 is 0 Å². The van der Waals surface area contributed by atoms with Crippen LogP contribution in [0.2, 0.25) is 0 Å². The van der Waals surface area contributed by atoms with Crippen molar-refractivity contribution < 1.29 is 18.9 Å². The molecule has 120 valence electrons. The number of nitrogens with one attached hydrogen (secondary N) is 1. The minimum atomic E-state index is 0.235. The lowest BCUT2D eigenvalue weighted by atomic mass is 10.0. The molecule has 1 unspecified atom stereocenters. The van der Waals surface area contributed by atoms with Gasteiger partial charge >= 0.3 is 0 Å². The van der Waals surface area contributed by atoms with Gasteiger partial charge in [0.1, 0.15) is 0 Å². The predicted octanol–water partition coefficient (Wildman–Crippen LogP) is 2.79. The van der Waals surface area contributed by atoms with Crippen molar-refractivity contribution >= 4 is 0 Å². The molecule has 5 nitrogen and oxygen atoms in total. The molecule has 0 aliphatic heterocycles. The summed E-state index contributed by atoms with van der Waals surface area (Å²) in [6, 6.07) is 4.24. The number of methoxy groups -OCH3 is 4. The fourth-order valence-corrected chi connectivity index (χ4v) is 2.37. The highest BCUT2D eigenvalue weighted by atomic mass is 16.5. The monoisotopic (exact) mass is 297 g/mol. The molecule has 0 bridgehead atoms. The fraction of sp³-hybridized carbons (Fsp3) is 0.625. The van der Waals surface area contributed by atoms with Gasteiger partial charge in [-0.2, -0.15) is 0 Å². The van der Waals surface area contributed by atoms with Crippen LogP contribution in [-0.4, -0.2) is 41.6 Å². The summed E-state index contributed by atoms with van der Waals surface area (Å²) in [6.07, 6.45) is 1.98. The van der Waals surface area contributed by atoms with Crippen LogP contribution in [0.15, 0.2) is 12.1 Å². The van der Waals surface area contributed by atoms with E-state index < -0.39 is 0 Å². The first-order valence-corrected chi connectivity index (χ1v) is 7.24. The molecule has 0 amide bonds. The minimum absolute atomic E-state index is 0.235. The second-order valence-corrected chi connectivity index (χ2v) is 4.70. The van der Waals surface area contributed by atoms with E-state index in [4.69, 9.17) is 18.9 Å². The standard InChI is InChI=1S/C16H27NO4/c1-6-17-13(8-7-9-18-2)12-10-14(19-3)16(21-5)15(11-12)20-4/h10-11,13,17H,6-9H2,1-5H3. The van der Waals surface area contributed by atoms with Gasteiger partial charge in [-0.1, -0.05) is 6.92 Å². The highest BCUT2D eigenvalue weighted by Crippen LogP contribution is 2.40. The average Bonchev–Trinajstić information content (AvgIpc) is 2.52. The first-order chi connectivity index (χ1) is 10.2. The molecule has 0 aromatic heterocycles. The van der Waals surface area contributed by atoms with Crippen LogP contribution in [0, 0.1) is 0 Å². The van der Waals surface area contributed by atoms with Crippen molar-refractivity contribution in [3.05, 3.63) is 17.7 Å². The highest BCUT2D eigenvalue weighted by molar-refractivity contribution is 5.54. The Balaban J connectivity index is 3.06. The molecule has 1 rings (SSSR count). The third-order valence-electron chi connectivity index (χ3n) is 3.38. The zero-order valence-electron chi connectivity index (χ0n) is 13.7. The van der Waals surface area contributed by atoms with Gasteiger partial charge in [0.25, 0.3) is 0 Å². The summed E-state index contributed by atoms with van der Waals surface area (Å²) in [5, 5.41) is 3.49. The Labute approximate surface area is 127 Å². The molecule has 0 heterocycles. The van der Waals surface area contributed by atoms with E-state index >= 15 is 0 Å². The normalized spacial score (nSPS) is 12.0. The molecule has 1 atom stereocenters. The van der Waals surface area contributed by atoms with Crippen LogP contribution in [0.5, 0.6) is 17.2 Å². The van der Waals surface area contributed by atoms with E-state index in [0.29, 0.717) is 17.2 Å². The van der Waals surface area contributed by atoms with E-state index in [0.717, 1.165) is 31.6 Å². The number of hydrogen-bond acceptors (Lipinski definition) is 5. The van der Waals surface area contributed by atoms with E-state index in [1.165, 1.54) is 0 Å². The topological polar surface area (TPSA) is 49.0 Å². The van der Waals surface area contributed by atoms with Gasteiger partial charge in [-0.15, -0.1) is 0 Å². The fourth-order valence-electron chi connectivity index (χ4n) is 2.37. The molecular weight excluding hydrogens is 270 g/mol. The van der Waals surface area contributed by atoms with Crippen LogP contribution in [0.1, 0.15) is 31.4 Å². The lowest BCUT2D eigenvalue weighted by molar-refractivity contribution is 0.189. The first-order valence-electron chi connectivity index (χ1n) is 7.24. The van der Waals surface area contributed by atoms with Crippen molar-refractivity contribution in [2.45, 2.75) is 25.8 Å². The van der Waals surface area contributed by atoms with Gasteiger partial charge in [0.05, 0.1) is 21.3 Å². The number of benzene rings is 1. The van der Waals surface area contributed by atoms with E-state index in [-0.39, 0.29) is 6.04 Å². The largest absolute Gasteiger partial charge is 0.493 e. The quantitative estimate of drug-likeness (QED) is 0.673.